The van der Waals surface area contributed by atoms with Crippen LogP contribution in [0.5, 0.6) is 0 Å². The first kappa shape index (κ1) is 13.6. The van der Waals surface area contributed by atoms with Crippen molar-refractivity contribution in [3.8, 4) is 0 Å². The first-order valence-corrected chi connectivity index (χ1v) is 5.68. The molecule has 1 rings (SSSR count). The molecular formula is C11H17NO5. The highest BCUT2D eigenvalue weighted by Gasteiger charge is 2.39. The van der Waals surface area contributed by atoms with E-state index in [0.29, 0.717) is 12.8 Å². The van der Waals surface area contributed by atoms with Gasteiger partial charge in [0, 0.05) is 0 Å². The molecular weight excluding hydrogens is 226 g/mol. The number of rotatable bonds is 6. The van der Waals surface area contributed by atoms with Crippen molar-refractivity contribution in [1.29, 1.82) is 0 Å². The summed E-state index contributed by atoms with van der Waals surface area (Å²) in [5.74, 6) is -2.62. The highest BCUT2D eigenvalue weighted by atomic mass is 16.4. The highest BCUT2D eigenvalue weighted by molar-refractivity contribution is 6.00. The van der Waals surface area contributed by atoms with Crippen molar-refractivity contribution >= 4 is 17.7 Å². The molecule has 1 saturated carbocycles. The molecule has 0 heterocycles. The van der Waals surface area contributed by atoms with Gasteiger partial charge in [-0.15, -0.1) is 0 Å². The van der Waals surface area contributed by atoms with Crippen LogP contribution in [0, 0.1) is 0 Å². The second-order valence-electron chi connectivity index (χ2n) is 4.38. The van der Waals surface area contributed by atoms with Gasteiger partial charge in [0.1, 0.15) is 6.42 Å². The second-order valence-corrected chi connectivity index (χ2v) is 4.38. The van der Waals surface area contributed by atoms with E-state index in [2.05, 4.69) is 5.32 Å². The van der Waals surface area contributed by atoms with Gasteiger partial charge in [-0.05, 0) is 12.8 Å². The predicted octanol–water partition coefficient (Wildman–Crippen LogP) is 0.407. The lowest BCUT2D eigenvalue weighted by Gasteiger charge is -2.36. The van der Waals surface area contributed by atoms with Crippen LogP contribution in [-0.2, 0) is 14.4 Å². The summed E-state index contributed by atoms with van der Waals surface area (Å²) in [6.07, 6.45) is 3.12. The third-order valence-electron chi connectivity index (χ3n) is 3.13. The monoisotopic (exact) mass is 243 g/mol. The Balaban J connectivity index is 2.73. The largest absolute Gasteiger partial charge is 0.481 e. The van der Waals surface area contributed by atoms with E-state index >= 15 is 0 Å². The zero-order chi connectivity index (χ0) is 12.9. The number of carbonyl (C=O) groups is 3. The minimum atomic E-state index is -1.17. The number of carboxylic acid groups (broad SMARTS) is 2. The summed E-state index contributed by atoms with van der Waals surface area (Å²) < 4.78 is 0. The van der Waals surface area contributed by atoms with Crippen molar-refractivity contribution in [1.82, 2.24) is 5.32 Å². The average molecular weight is 243 g/mol. The Morgan fingerprint density at radius 3 is 2.06 bits per heavy atom. The maximum atomic E-state index is 11.9. The topological polar surface area (TPSA) is 104 Å². The summed E-state index contributed by atoms with van der Waals surface area (Å²) in [5.41, 5.74) is -0.949. The van der Waals surface area contributed by atoms with Gasteiger partial charge >= 0.3 is 11.9 Å². The lowest BCUT2D eigenvalue weighted by Crippen LogP contribution is -2.55. The minimum absolute atomic E-state index is 0.314. The lowest BCUT2D eigenvalue weighted by molar-refractivity contribution is -0.142. The number of ketones is 1. The van der Waals surface area contributed by atoms with Gasteiger partial charge in [-0.3, -0.25) is 19.7 Å². The molecule has 0 saturated heterocycles. The van der Waals surface area contributed by atoms with Gasteiger partial charge in [-0.1, -0.05) is 19.3 Å². The molecule has 17 heavy (non-hydrogen) atoms. The van der Waals surface area contributed by atoms with Crippen molar-refractivity contribution in [2.75, 3.05) is 6.54 Å². The number of carbonyl (C=O) groups excluding carboxylic acids is 1. The molecule has 96 valence electrons. The Bertz CT molecular complexity index is 320. The average Bonchev–Trinajstić information content (AvgIpc) is 2.26. The molecule has 0 bridgehead atoms. The van der Waals surface area contributed by atoms with E-state index in [0.717, 1.165) is 19.3 Å². The van der Waals surface area contributed by atoms with Gasteiger partial charge in [0.15, 0.2) is 5.78 Å². The van der Waals surface area contributed by atoms with E-state index in [1.165, 1.54) is 0 Å². The van der Waals surface area contributed by atoms with Gasteiger partial charge in [-0.2, -0.15) is 0 Å². The molecule has 0 spiro atoms. The highest BCUT2D eigenvalue weighted by Crippen LogP contribution is 2.29. The predicted molar refractivity (Wildman–Crippen MR) is 58.7 cm³/mol. The Labute approximate surface area is 99.0 Å². The zero-order valence-electron chi connectivity index (χ0n) is 9.57. The van der Waals surface area contributed by atoms with Crippen LogP contribution < -0.4 is 5.32 Å². The van der Waals surface area contributed by atoms with Crippen LogP contribution in [0.4, 0.5) is 0 Å². The molecule has 0 unspecified atom stereocenters. The summed E-state index contributed by atoms with van der Waals surface area (Å²) in [7, 11) is 0. The van der Waals surface area contributed by atoms with Crippen LogP contribution >= 0.6 is 0 Å². The van der Waals surface area contributed by atoms with Crippen molar-refractivity contribution < 1.29 is 24.6 Å². The Morgan fingerprint density at radius 2 is 1.59 bits per heavy atom. The molecule has 1 aliphatic carbocycles. The first-order chi connectivity index (χ1) is 7.96. The van der Waals surface area contributed by atoms with Gasteiger partial charge in [0.05, 0.1) is 12.1 Å². The standard InChI is InChI=1S/C11H17NO5/c13-8(6-9(14)15)11(12-7-10(16)17)4-2-1-3-5-11/h12H,1-7H2,(H,14,15)(H,16,17). The molecule has 0 aliphatic heterocycles. The normalized spacial score (nSPS) is 18.6. The van der Waals surface area contributed by atoms with Crippen molar-refractivity contribution in [3.63, 3.8) is 0 Å². The minimum Gasteiger partial charge on any atom is -0.481 e. The number of Topliss-reactive ketones (excluding diaryl/α,β-unsaturated/α-hetero) is 1. The maximum Gasteiger partial charge on any atom is 0.317 e. The van der Waals surface area contributed by atoms with Crippen LogP contribution in [0.3, 0.4) is 0 Å². The SMILES string of the molecule is O=C(O)CNC1(C(=O)CC(=O)O)CCCCC1. The Kier molecular flexibility index (Phi) is 4.62. The van der Waals surface area contributed by atoms with Crippen molar-refractivity contribution in [3.05, 3.63) is 0 Å². The molecule has 0 radical (unpaired) electrons. The summed E-state index contributed by atoms with van der Waals surface area (Å²) in [6.45, 7) is -0.314. The van der Waals surface area contributed by atoms with Crippen LogP contribution in [0.15, 0.2) is 0 Å². The Morgan fingerprint density at radius 1 is 1.00 bits per heavy atom. The number of carboxylic acids is 2. The third-order valence-corrected chi connectivity index (χ3v) is 3.13. The molecule has 1 fully saturated rings. The van der Waals surface area contributed by atoms with E-state index < -0.39 is 29.7 Å². The summed E-state index contributed by atoms with van der Waals surface area (Å²) >= 11 is 0. The lowest BCUT2D eigenvalue weighted by atomic mass is 9.77. The number of hydrogen-bond donors (Lipinski definition) is 3. The number of hydrogen-bond acceptors (Lipinski definition) is 4. The fraction of sp³-hybridized carbons (Fsp3) is 0.727. The molecule has 0 amide bonds. The van der Waals surface area contributed by atoms with E-state index in [1.54, 1.807) is 0 Å². The van der Waals surface area contributed by atoms with E-state index in [-0.39, 0.29) is 6.54 Å². The smallest absolute Gasteiger partial charge is 0.317 e. The Hall–Kier alpha value is -1.43. The summed E-state index contributed by atoms with van der Waals surface area (Å²) in [6, 6.07) is 0. The fourth-order valence-electron chi connectivity index (χ4n) is 2.26. The molecule has 0 aromatic heterocycles. The number of nitrogens with one attached hydrogen (secondary N) is 1. The molecule has 1 aliphatic rings. The van der Waals surface area contributed by atoms with E-state index in [4.69, 9.17) is 10.2 Å². The quantitative estimate of drug-likeness (QED) is 0.584. The van der Waals surface area contributed by atoms with Crippen molar-refractivity contribution in [2.24, 2.45) is 0 Å². The fourth-order valence-corrected chi connectivity index (χ4v) is 2.26. The van der Waals surface area contributed by atoms with Crippen LogP contribution in [0.25, 0.3) is 0 Å². The van der Waals surface area contributed by atoms with Gasteiger partial charge in [0.25, 0.3) is 0 Å². The summed E-state index contributed by atoms with van der Waals surface area (Å²) in [5, 5.41) is 20.0. The molecule has 0 aromatic carbocycles. The van der Waals surface area contributed by atoms with Crippen LogP contribution in [0.1, 0.15) is 38.5 Å². The second kappa shape index (κ2) is 5.77. The van der Waals surface area contributed by atoms with Gasteiger partial charge in [0.2, 0.25) is 0 Å². The van der Waals surface area contributed by atoms with Crippen LogP contribution in [0.2, 0.25) is 0 Å². The molecule has 3 N–H and O–H groups in total. The first-order valence-electron chi connectivity index (χ1n) is 5.68. The van der Waals surface area contributed by atoms with Crippen LogP contribution in [-0.4, -0.2) is 40.0 Å². The summed E-state index contributed by atoms with van der Waals surface area (Å²) in [4.78, 5) is 33.0. The van der Waals surface area contributed by atoms with E-state index in [9.17, 15) is 14.4 Å². The van der Waals surface area contributed by atoms with Gasteiger partial charge in [-0.25, -0.2) is 0 Å². The molecule has 0 atom stereocenters. The maximum absolute atomic E-state index is 11.9. The van der Waals surface area contributed by atoms with Crippen molar-refractivity contribution in [2.45, 2.75) is 44.1 Å². The van der Waals surface area contributed by atoms with E-state index in [1.807, 2.05) is 0 Å². The molecule has 0 aromatic rings. The van der Waals surface area contributed by atoms with Gasteiger partial charge < -0.3 is 10.2 Å². The zero-order valence-corrected chi connectivity index (χ0v) is 9.57. The molecule has 6 nitrogen and oxygen atoms in total. The number of aliphatic carboxylic acids is 2. The third kappa shape index (κ3) is 3.81. The molecule has 6 heteroatoms.